The molecule has 29 heavy (non-hydrogen) atoms. The number of nitrogens with zero attached hydrogens (tertiary/aromatic N) is 2. The molecule has 0 amide bonds. The Morgan fingerprint density at radius 3 is 1.34 bits per heavy atom. The standard InChI is InChI=1S/2C11H18NSi.2FH.Zr/c2*1-13(2,11-7-3-4-8-11)12-9-5-6-10-12;;;/h2*3,7H,4-6,9-10H2,1-2H3;2*1H;/q;;;;+2/p-2. The molecule has 0 N–H and O–H groups in total. The molecule has 0 aromatic carbocycles. The SMILES string of the molecule is C[Si](C)(C1=[C]([Zr+2][C]2=C([Si](C)(C)N3CCCC3)C=CC2)CC=C1)N1CCCC1.[F-].[F-]. The molecule has 0 atom stereocenters. The summed E-state index contributed by atoms with van der Waals surface area (Å²) in [5.74, 6) is 0. The molecule has 2 aliphatic heterocycles. The molecule has 4 aliphatic rings. The van der Waals surface area contributed by atoms with Gasteiger partial charge in [0.15, 0.2) is 0 Å². The monoisotopic (exact) mass is 512 g/mol. The Bertz CT molecular complexity index is 656. The summed E-state index contributed by atoms with van der Waals surface area (Å²) in [5.41, 5.74) is 0. The van der Waals surface area contributed by atoms with Crippen LogP contribution >= 0.6 is 0 Å². The molecule has 7 heteroatoms. The molecule has 2 saturated heterocycles. The molecule has 2 nitrogen and oxygen atoms in total. The maximum Gasteiger partial charge on any atom is -1.00 e. The van der Waals surface area contributed by atoms with Gasteiger partial charge in [-0.25, -0.2) is 0 Å². The van der Waals surface area contributed by atoms with Crippen LogP contribution in [0.5, 0.6) is 0 Å². The largest absolute Gasteiger partial charge is 1.00 e. The van der Waals surface area contributed by atoms with Crippen molar-refractivity contribution < 1.29 is 32.6 Å². The van der Waals surface area contributed by atoms with Crippen LogP contribution < -0.4 is 9.41 Å². The molecular formula is C22H36F2N2Si2Zr. The van der Waals surface area contributed by atoms with Crippen molar-refractivity contribution in [3.63, 3.8) is 0 Å². The summed E-state index contributed by atoms with van der Waals surface area (Å²) < 4.78 is 9.60. The van der Waals surface area contributed by atoms with Crippen LogP contribution in [-0.2, 0) is 23.2 Å². The Balaban J connectivity index is 0.00000150. The van der Waals surface area contributed by atoms with E-state index in [0.29, 0.717) is 0 Å². The van der Waals surface area contributed by atoms with Gasteiger partial charge in [-0.2, -0.15) is 0 Å². The average molecular weight is 514 g/mol. The molecule has 0 spiro atoms. The molecule has 0 saturated carbocycles. The van der Waals surface area contributed by atoms with Gasteiger partial charge in [-0.3, -0.25) is 0 Å². The van der Waals surface area contributed by atoms with Gasteiger partial charge in [0.05, 0.1) is 0 Å². The van der Waals surface area contributed by atoms with Crippen LogP contribution in [0.15, 0.2) is 41.3 Å². The van der Waals surface area contributed by atoms with Crippen molar-refractivity contribution in [2.24, 2.45) is 0 Å². The zero-order valence-electron chi connectivity index (χ0n) is 18.5. The fourth-order valence-corrected chi connectivity index (χ4v) is 20.1. The molecule has 2 fully saturated rings. The summed E-state index contributed by atoms with van der Waals surface area (Å²) in [4.78, 5) is 0. The van der Waals surface area contributed by atoms with Gasteiger partial charge >= 0.3 is 181 Å². The van der Waals surface area contributed by atoms with Crippen LogP contribution in [-0.4, -0.2) is 51.8 Å². The minimum atomic E-state index is -1.44. The number of rotatable bonds is 6. The third-order valence-electron chi connectivity index (χ3n) is 7.28. The second kappa shape index (κ2) is 10.1. The van der Waals surface area contributed by atoms with E-state index in [4.69, 9.17) is 0 Å². The van der Waals surface area contributed by atoms with E-state index in [2.05, 4.69) is 59.6 Å². The van der Waals surface area contributed by atoms with E-state index in [1.165, 1.54) is 64.7 Å². The first-order chi connectivity index (χ1) is 12.9. The van der Waals surface area contributed by atoms with Gasteiger partial charge in [0, 0.05) is 0 Å². The average Bonchev–Trinajstić information content (AvgIpc) is 3.40. The van der Waals surface area contributed by atoms with Gasteiger partial charge in [-0.1, -0.05) is 0 Å². The Kier molecular flexibility index (Phi) is 8.83. The summed E-state index contributed by atoms with van der Waals surface area (Å²) in [7, 11) is -2.88. The van der Waals surface area contributed by atoms with E-state index in [-0.39, 0.29) is 9.41 Å². The predicted molar refractivity (Wildman–Crippen MR) is 118 cm³/mol. The van der Waals surface area contributed by atoms with Crippen molar-refractivity contribution in [1.29, 1.82) is 0 Å². The van der Waals surface area contributed by atoms with E-state index < -0.39 is 39.7 Å². The third kappa shape index (κ3) is 4.95. The quantitative estimate of drug-likeness (QED) is 0.429. The van der Waals surface area contributed by atoms with E-state index >= 15 is 0 Å². The van der Waals surface area contributed by atoms with E-state index in [9.17, 15) is 0 Å². The number of halogens is 2. The van der Waals surface area contributed by atoms with Crippen LogP contribution in [0, 0.1) is 0 Å². The first-order valence-corrected chi connectivity index (χ1v) is 19.3. The van der Waals surface area contributed by atoms with Crippen molar-refractivity contribution >= 4 is 16.5 Å². The Morgan fingerprint density at radius 1 is 0.655 bits per heavy atom. The number of hydrogen-bond donors (Lipinski definition) is 0. The number of hydrogen-bond acceptors (Lipinski definition) is 2. The molecule has 4 rings (SSSR count). The molecule has 0 bridgehead atoms. The molecule has 0 unspecified atom stereocenters. The zero-order chi connectivity index (χ0) is 19.1. The fraction of sp³-hybridized carbons (Fsp3) is 0.636. The second-order valence-electron chi connectivity index (χ2n) is 9.63. The van der Waals surface area contributed by atoms with Crippen LogP contribution in [0.1, 0.15) is 38.5 Å². The molecule has 0 radical (unpaired) electrons. The van der Waals surface area contributed by atoms with Crippen LogP contribution in [0.2, 0.25) is 26.2 Å². The molecule has 0 aromatic rings. The Morgan fingerprint density at radius 2 is 1.00 bits per heavy atom. The summed E-state index contributed by atoms with van der Waals surface area (Å²) in [6, 6.07) is 0. The Labute approximate surface area is 189 Å². The summed E-state index contributed by atoms with van der Waals surface area (Å²) in [5, 5.41) is 3.66. The van der Waals surface area contributed by atoms with Crippen molar-refractivity contribution in [3.8, 4) is 0 Å². The van der Waals surface area contributed by atoms with Crippen molar-refractivity contribution in [1.82, 2.24) is 9.13 Å². The van der Waals surface area contributed by atoms with Gasteiger partial charge in [-0.15, -0.1) is 0 Å². The minimum absolute atomic E-state index is 0. The normalized spacial score (nSPS) is 23.0. The van der Waals surface area contributed by atoms with E-state index in [1.54, 1.807) is 0 Å². The first-order valence-electron chi connectivity index (χ1n) is 11.0. The van der Waals surface area contributed by atoms with Gasteiger partial charge < -0.3 is 9.41 Å². The van der Waals surface area contributed by atoms with Crippen molar-refractivity contribution in [2.75, 3.05) is 26.2 Å². The smallest absolute Gasteiger partial charge is 1.00 e. The van der Waals surface area contributed by atoms with Crippen molar-refractivity contribution in [3.05, 3.63) is 41.3 Å². The van der Waals surface area contributed by atoms with E-state index in [1.807, 2.05) is 17.0 Å². The van der Waals surface area contributed by atoms with Gasteiger partial charge in [0.1, 0.15) is 0 Å². The van der Waals surface area contributed by atoms with E-state index in [0.717, 1.165) is 0 Å². The topological polar surface area (TPSA) is 6.48 Å². The van der Waals surface area contributed by atoms with Gasteiger partial charge in [-0.05, 0) is 0 Å². The second-order valence-corrected chi connectivity index (χ2v) is 21.8. The van der Waals surface area contributed by atoms with Crippen molar-refractivity contribution in [2.45, 2.75) is 64.7 Å². The van der Waals surface area contributed by atoms with Crippen LogP contribution in [0.25, 0.3) is 0 Å². The third-order valence-corrected chi connectivity index (χ3v) is 19.9. The minimum Gasteiger partial charge on any atom is -1.00 e. The zero-order valence-corrected chi connectivity index (χ0v) is 23.0. The number of allylic oxidation sites excluding steroid dienone is 8. The van der Waals surface area contributed by atoms with Crippen LogP contribution in [0.4, 0.5) is 0 Å². The van der Waals surface area contributed by atoms with Crippen LogP contribution in [0.3, 0.4) is 0 Å². The molecular weight excluding hydrogens is 478 g/mol. The predicted octanol–water partition coefficient (Wildman–Crippen LogP) is -0.815. The summed E-state index contributed by atoms with van der Waals surface area (Å²) >= 11 is -0.636. The summed E-state index contributed by atoms with van der Waals surface area (Å²) in [6.07, 6.45) is 18.3. The molecule has 160 valence electrons. The molecule has 2 heterocycles. The van der Waals surface area contributed by atoms with Gasteiger partial charge in [0.2, 0.25) is 0 Å². The molecule has 0 aromatic heterocycles. The maximum atomic E-state index is 2.88. The summed E-state index contributed by atoms with van der Waals surface area (Å²) in [6.45, 7) is 15.9. The molecule has 2 aliphatic carbocycles. The first kappa shape index (κ1) is 25.3. The fourth-order valence-electron chi connectivity index (χ4n) is 5.47. The Hall–Kier alpha value is 0.0569. The maximum absolute atomic E-state index is 2.88. The van der Waals surface area contributed by atoms with Gasteiger partial charge in [0.25, 0.3) is 0 Å².